The van der Waals surface area contributed by atoms with Crippen molar-refractivity contribution in [3.8, 4) is 5.75 Å². The van der Waals surface area contributed by atoms with Crippen molar-refractivity contribution < 1.29 is 18.3 Å². The van der Waals surface area contributed by atoms with E-state index in [-0.39, 0.29) is 36.3 Å². The average Bonchev–Trinajstić information content (AvgIpc) is 2.49. The fraction of sp³-hybridized carbons (Fsp3) is 0.533. The van der Waals surface area contributed by atoms with Gasteiger partial charge in [-0.25, -0.2) is 4.99 Å². The first-order valence-corrected chi connectivity index (χ1v) is 7.30. The van der Waals surface area contributed by atoms with Gasteiger partial charge in [0.2, 0.25) is 0 Å². The van der Waals surface area contributed by atoms with Crippen LogP contribution < -0.4 is 15.4 Å². The highest BCUT2D eigenvalue weighted by molar-refractivity contribution is 14.0. The maximum Gasteiger partial charge on any atom is 0.387 e. The molecule has 132 valence electrons. The van der Waals surface area contributed by atoms with E-state index in [0.717, 1.165) is 0 Å². The van der Waals surface area contributed by atoms with Gasteiger partial charge in [-0.1, -0.05) is 18.2 Å². The molecule has 1 aromatic carbocycles. The number of nitrogens with one attached hydrogen (secondary N) is 2. The number of guanidine groups is 1. The third-order valence-electron chi connectivity index (χ3n) is 2.68. The number of ether oxygens (including phenoxy) is 2. The Labute approximate surface area is 152 Å². The number of hydrogen-bond donors (Lipinski definition) is 2. The number of para-hydroxylation sites is 1. The van der Waals surface area contributed by atoms with Crippen LogP contribution in [-0.4, -0.2) is 38.9 Å². The molecule has 0 heterocycles. The number of benzene rings is 1. The van der Waals surface area contributed by atoms with E-state index >= 15 is 0 Å². The number of nitrogens with zero attached hydrogens (tertiary/aromatic N) is 1. The number of halogens is 3. The van der Waals surface area contributed by atoms with Crippen LogP contribution in [0.4, 0.5) is 8.78 Å². The van der Waals surface area contributed by atoms with Crippen LogP contribution >= 0.6 is 24.0 Å². The van der Waals surface area contributed by atoms with Gasteiger partial charge in [0.05, 0.1) is 13.2 Å². The zero-order valence-electron chi connectivity index (χ0n) is 13.4. The molecule has 8 heteroatoms. The summed E-state index contributed by atoms with van der Waals surface area (Å²) in [5.41, 5.74) is 0.602. The summed E-state index contributed by atoms with van der Waals surface area (Å²) in [6.07, 6.45) is 0. The molecule has 0 spiro atoms. The first-order chi connectivity index (χ1) is 10.7. The van der Waals surface area contributed by atoms with Crippen molar-refractivity contribution in [1.29, 1.82) is 0 Å². The van der Waals surface area contributed by atoms with E-state index in [1.54, 1.807) is 18.2 Å². The van der Waals surface area contributed by atoms with E-state index < -0.39 is 6.61 Å². The van der Waals surface area contributed by atoms with Crippen LogP contribution in [0.2, 0.25) is 0 Å². The molecule has 0 atom stereocenters. The molecule has 2 N–H and O–H groups in total. The molecule has 0 aromatic heterocycles. The molecule has 0 aliphatic heterocycles. The summed E-state index contributed by atoms with van der Waals surface area (Å²) < 4.78 is 34.5. The van der Waals surface area contributed by atoms with Crippen molar-refractivity contribution in [3.05, 3.63) is 29.8 Å². The zero-order chi connectivity index (χ0) is 16.2. The predicted molar refractivity (Wildman–Crippen MR) is 97.8 cm³/mol. The molecule has 0 radical (unpaired) electrons. The second-order valence-electron chi connectivity index (χ2n) is 4.31. The van der Waals surface area contributed by atoms with E-state index in [0.29, 0.717) is 37.8 Å². The van der Waals surface area contributed by atoms with E-state index in [2.05, 4.69) is 20.4 Å². The van der Waals surface area contributed by atoms with Crippen molar-refractivity contribution in [2.45, 2.75) is 27.0 Å². The van der Waals surface area contributed by atoms with Crippen molar-refractivity contribution >= 4 is 29.9 Å². The van der Waals surface area contributed by atoms with Gasteiger partial charge in [0, 0.05) is 25.3 Å². The van der Waals surface area contributed by atoms with Crippen LogP contribution in [0.25, 0.3) is 0 Å². The minimum Gasteiger partial charge on any atom is -0.434 e. The maximum atomic E-state index is 12.4. The van der Waals surface area contributed by atoms with Crippen molar-refractivity contribution in [1.82, 2.24) is 10.6 Å². The fourth-order valence-electron chi connectivity index (χ4n) is 1.74. The van der Waals surface area contributed by atoms with E-state index in [1.165, 1.54) is 6.07 Å². The summed E-state index contributed by atoms with van der Waals surface area (Å²) >= 11 is 0. The molecule has 1 rings (SSSR count). The Hall–Kier alpha value is -1.16. The van der Waals surface area contributed by atoms with E-state index in [9.17, 15) is 8.78 Å². The molecule has 0 fully saturated rings. The highest BCUT2D eigenvalue weighted by Crippen LogP contribution is 2.20. The molecule has 0 unspecified atom stereocenters. The average molecular weight is 443 g/mol. The standard InChI is InChI=1S/C15H23F2N3O2.HI/c1-3-18-15(19-9-10-21-4-2)20-11-12-7-5-6-8-13(12)22-14(16)17;/h5-8,14H,3-4,9-11H2,1-2H3,(H2,18,19,20);1H. The van der Waals surface area contributed by atoms with Gasteiger partial charge in [-0.2, -0.15) is 8.78 Å². The quantitative estimate of drug-likeness (QED) is 0.267. The Kier molecular flexibility index (Phi) is 12.6. The van der Waals surface area contributed by atoms with Crippen molar-refractivity contribution in [2.75, 3.05) is 26.3 Å². The Morgan fingerprint density at radius 2 is 1.96 bits per heavy atom. The van der Waals surface area contributed by atoms with E-state index in [4.69, 9.17) is 4.74 Å². The second-order valence-corrected chi connectivity index (χ2v) is 4.31. The van der Waals surface area contributed by atoms with Gasteiger partial charge in [-0.05, 0) is 19.9 Å². The third kappa shape index (κ3) is 9.54. The summed E-state index contributed by atoms with van der Waals surface area (Å²) in [5, 5.41) is 6.20. The number of alkyl halides is 2. The van der Waals surface area contributed by atoms with Gasteiger partial charge in [-0.3, -0.25) is 0 Å². The summed E-state index contributed by atoms with van der Waals surface area (Å²) in [7, 11) is 0. The largest absolute Gasteiger partial charge is 0.434 e. The highest BCUT2D eigenvalue weighted by atomic mass is 127. The fourth-order valence-corrected chi connectivity index (χ4v) is 1.74. The molecular weight excluding hydrogens is 419 g/mol. The van der Waals surface area contributed by atoms with Gasteiger partial charge in [0.1, 0.15) is 5.75 Å². The van der Waals surface area contributed by atoms with Gasteiger partial charge < -0.3 is 20.1 Å². The highest BCUT2D eigenvalue weighted by Gasteiger charge is 2.08. The molecule has 0 saturated heterocycles. The molecule has 0 saturated carbocycles. The Balaban J connectivity index is 0.00000484. The van der Waals surface area contributed by atoms with Crippen LogP contribution in [0.5, 0.6) is 5.75 Å². The molecule has 23 heavy (non-hydrogen) atoms. The summed E-state index contributed by atoms with van der Waals surface area (Å²) in [6, 6.07) is 6.63. The first-order valence-electron chi connectivity index (χ1n) is 7.30. The molecule has 0 aliphatic carbocycles. The lowest BCUT2D eigenvalue weighted by Crippen LogP contribution is -2.39. The molecular formula is C15H24F2IN3O2. The van der Waals surface area contributed by atoms with E-state index in [1.807, 2.05) is 13.8 Å². The van der Waals surface area contributed by atoms with Crippen LogP contribution in [0, 0.1) is 0 Å². The maximum absolute atomic E-state index is 12.4. The van der Waals surface area contributed by atoms with Gasteiger partial charge in [0.15, 0.2) is 5.96 Å². The molecule has 0 bridgehead atoms. The minimum atomic E-state index is -2.84. The first kappa shape index (κ1) is 21.8. The Bertz CT molecular complexity index is 462. The lowest BCUT2D eigenvalue weighted by Gasteiger charge is -2.12. The lowest BCUT2D eigenvalue weighted by atomic mass is 10.2. The van der Waals surface area contributed by atoms with Crippen LogP contribution in [0.15, 0.2) is 29.3 Å². The van der Waals surface area contributed by atoms with Gasteiger partial charge in [0.25, 0.3) is 0 Å². The monoisotopic (exact) mass is 443 g/mol. The smallest absolute Gasteiger partial charge is 0.387 e. The lowest BCUT2D eigenvalue weighted by molar-refractivity contribution is -0.0504. The van der Waals surface area contributed by atoms with Crippen molar-refractivity contribution in [3.63, 3.8) is 0 Å². The molecule has 0 amide bonds. The number of aliphatic imine (C=N–C) groups is 1. The van der Waals surface area contributed by atoms with Gasteiger partial charge >= 0.3 is 6.61 Å². The Morgan fingerprint density at radius 1 is 1.22 bits per heavy atom. The van der Waals surface area contributed by atoms with Gasteiger partial charge in [-0.15, -0.1) is 24.0 Å². The summed E-state index contributed by atoms with van der Waals surface area (Å²) in [4.78, 5) is 4.36. The number of rotatable bonds is 9. The van der Waals surface area contributed by atoms with Crippen molar-refractivity contribution in [2.24, 2.45) is 4.99 Å². The Morgan fingerprint density at radius 3 is 2.61 bits per heavy atom. The zero-order valence-corrected chi connectivity index (χ0v) is 15.7. The topological polar surface area (TPSA) is 54.9 Å². The summed E-state index contributed by atoms with van der Waals surface area (Å²) in [6.45, 7) is 3.84. The van der Waals surface area contributed by atoms with Crippen LogP contribution in [-0.2, 0) is 11.3 Å². The molecule has 5 nitrogen and oxygen atoms in total. The summed E-state index contributed by atoms with van der Waals surface area (Å²) in [5.74, 6) is 0.750. The molecule has 0 aliphatic rings. The normalized spacial score (nSPS) is 11.1. The third-order valence-corrected chi connectivity index (χ3v) is 2.68. The molecule has 1 aromatic rings. The van der Waals surface area contributed by atoms with Crippen LogP contribution in [0.1, 0.15) is 19.4 Å². The minimum absolute atomic E-state index is 0. The van der Waals surface area contributed by atoms with Crippen LogP contribution in [0.3, 0.4) is 0 Å². The SMILES string of the molecule is CCNC(=NCc1ccccc1OC(F)F)NCCOCC.I. The predicted octanol–water partition coefficient (Wildman–Crippen LogP) is 3.00. The second kappa shape index (κ2) is 13.3. The number of hydrogen-bond acceptors (Lipinski definition) is 3.